The first-order chi connectivity index (χ1) is 10.2. The van der Waals surface area contributed by atoms with Crippen LogP contribution in [0.2, 0.25) is 0 Å². The molecular formula is C17H30NO4+. The van der Waals surface area contributed by atoms with Crippen LogP contribution < -0.4 is 0 Å². The molecule has 1 atom stereocenters. The van der Waals surface area contributed by atoms with Crippen LogP contribution >= 0.6 is 0 Å². The van der Waals surface area contributed by atoms with Gasteiger partial charge < -0.3 is 14.3 Å². The van der Waals surface area contributed by atoms with Gasteiger partial charge in [0.15, 0.2) is 6.10 Å². The second-order valence-corrected chi connectivity index (χ2v) is 6.39. The average Bonchev–Trinajstić information content (AvgIpc) is 2.34. The van der Waals surface area contributed by atoms with Crippen molar-refractivity contribution in [1.29, 1.82) is 0 Å². The number of hydrogen-bond acceptors (Lipinski definition) is 3. The van der Waals surface area contributed by atoms with Crippen molar-refractivity contribution in [1.82, 2.24) is 0 Å². The van der Waals surface area contributed by atoms with Crippen molar-refractivity contribution in [2.75, 3.05) is 27.7 Å². The van der Waals surface area contributed by atoms with E-state index < -0.39 is 18.0 Å². The second-order valence-electron chi connectivity index (χ2n) is 6.39. The molecule has 0 amide bonds. The van der Waals surface area contributed by atoms with E-state index >= 15 is 0 Å². The van der Waals surface area contributed by atoms with Crippen LogP contribution in [0.3, 0.4) is 0 Å². The van der Waals surface area contributed by atoms with E-state index in [1.54, 1.807) is 6.08 Å². The maximum absolute atomic E-state index is 11.8. The molecule has 0 heterocycles. The molecule has 1 unspecified atom stereocenters. The third-order valence-electron chi connectivity index (χ3n) is 2.84. The lowest BCUT2D eigenvalue weighted by molar-refractivity contribution is -0.873. The highest BCUT2D eigenvalue weighted by molar-refractivity contribution is 5.72. The third kappa shape index (κ3) is 13.4. The number of nitrogens with zero attached hydrogens (tertiary/aromatic N) is 1. The van der Waals surface area contributed by atoms with E-state index in [0.717, 1.165) is 19.3 Å². The highest BCUT2D eigenvalue weighted by Crippen LogP contribution is 2.07. The van der Waals surface area contributed by atoms with Gasteiger partial charge in [-0.25, -0.2) is 0 Å². The van der Waals surface area contributed by atoms with Crippen LogP contribution in [0.4, 0.5) is 0 Å². The van der Waals surface area contributed by atoms with Gasteiger partial charge in [-0.1, -0.05) is 44.1 Å². The number of allylic oxidation sites excluding steroid dienone is 3. The quantitative estimate of drug-likeness (QED) is 0.276. The van der Waals surface area contributed by atoms with E-state index in [9.17, 15) is 9.59 Å². The van der Waals surface area contributed by atoms with E-state index in [2.05, 4.69) is 13.0 Å². The Bertz CT molecular complexity index is 394. The van der Waals surface area contributed by atoms with Crippen molar-refractivity contribution < 1.29 is 23.9 Å². The van der Waals surface area contributed by atoms with Crippen molar-refractivity contribution in [3.63, 3.8) is 0 Å². The first-order valence-corrected chi connectivity index (χ1v) is 7.78. The van der Waals surface area contributed by atoms with Gasteiger partial charge in [-0.15, -0.1) is 0 Å². The summed E-state index contributed by atoms with van der Waals surface area (Å²) >= 11 is 0. The summed E-state index contributed by atoms with van der Waals surface area (Å²) in [6, 6.07) is 0. The van der Waals surface area contributed by atoms with Crippen molar-refractivity contribution in [2.24, 2.45) is 0 Å². The molecule has 0 aliphatic heterocycles. The Kier molecular flexibility index (Phi) is 10.2. The van der Waals surface area contributed by atoms with Crippen LogP contribution in [-0.2, 0) is 14.3 Å². The SMILES string of the molecule is CCCC/C=C/C=C/CC(=O)OC(CC(=O)O)C[N+](C)(C)C. The van der Waals surface area contributed by atoms with Gasteiger partial charge >= 0.3 is 11.9 Å². The average molecular weight is 312 g/mol. The van der Waals surface area contributed by atoms with Crippen LogP contribution in [0.15, 0.2) is 24.3 Å². The minimum Gasteiger partial charge on any atom is -0.481 e. The van der Waals surface area contributed by atoms with Crippen LogP contribution in [0.5, 0.6) is 0 Å². The van der Waals surface area contributed by atoms with Gasteiger partial charge in [0.2, 0.25) is 0 Å². The number of unbranched alkanes of at least 4 members (excludes halogenated alkanes) is 2. The summed E-state index contributed by atoms with van der Waals surface area (Å²) in [6.07, 6.45) is 10.3. The van der Waals surface area contributed by atoms with Crippen molar-refractivity contribution in [2.45, 2.75) is 45.1 Å². The number of carboxylic acid groups (broad SMARTS) is 1. The molecule has 0 rings (SSSR count). The molecule has 0 radical (unpaired) electrons. The Morgan fingerprint density at radius 1 is 1.18 bits per heavy atom. The summed E-state index contributed by atoms with van der Waals surface area (Å²) in [5.41, 5.74) is 0. The molecule has 0 saturated carbocycles. The Labute approximate surface area is 133 Å². The lowest BCUT2D eigenvalue weighted by atomic mass is 10.2. The van der Waals surface area contributed by atoms with Crippen LogP contribution in [-0.4, -0.2) is 55.3 Å². The molecule has 0 aromatic rings. The van der Waals surface area contributed by atoms with Gasteiger partial charge in [-0.3, -0.25) is 9.59 Å². The van der Waals surface area contributed by atoms with Crippen molar-refractivity contribution in [3.8, 4) is 0 Å². The van der Waals surface area contributed by atoms with Crippen LogP contribution in [0.1, 0.15) is 39.0 Å². The zero-order valence-corrected chi connectivity index (χ0v) is 14.2. The topological polar surface area (TPSA) is 63.6 Å². The predicted octanol–water partition coefficient (Wildman–Crippen LogP) is 2.77. The minimum atomic E-state index is -0.958. The Morgan fingerprint density at radius 3 is 2.36 bits per heavy atom. The fourth-order valence-corrected chi connectivity index (χ4v) is 1.92. The summed E-state index contributed by atoms with van der Waals surface area (Å²) in [6.45, 7) is 2.61. The van der Waals surface area contributed by atoms with E-state index in [-0.39, 0.29) is 12.8 Å². The standard InChI is InChI=1S/C17H29NO4/c1-5-6-7-8-9-10-11-12-17(21)22-15(13-16(19)20)14-18(2,3)4/h8-11,15H,5-7,12-14H2,1-4H3/p+1/b9-8+,11-10+. The number of ether oxygens (including phenoxy) is 1. The monoisotopic (exact) mass is 312 g/mol. The molecule has 0 aliphatic rings. The van der Waals surface area contributed by atoms with Gasteiger partial charge in [0.05, 0.1) is 34.0 Å². The number of hydrogen-bond donors (Lipinski definition) is 1. The Balaban J connectivity index is 4.24. The van der Waals surface area contributed by atoms with Gasteiger partial charge in [-0.2, -0.15) is 0 Å². The number of carboxylic acids is 1. The zero-order chi connectivity index (χ0) is 17.0. The molecule has 126 valence electrons. The molecule has 5 heteroatoms. The van der Waals surface area contributed by atoms with Gasteiger partial charge in [0.25, 0.3) is 0 Å². The summed E-state index contributed by atoms with van der Waals surface area (Å²) in [4.78, 5) is 22.6. The first-order valence-electron chi connectivity index (χ1n) is 7.78. The fourth-order valence-electron chi connectivity index (χ4n) is 1.92. The largest absolute Gasteiger partial charge is 0.481 e. The molecule has 0 aliphatic carbocycles. The number of quaternary nitrogens is 1. The van der Waals surface area contributed by atoms with Crippen molar-refractivity contribution in [3.05, 3.63) is 24.3 Å². The Hall–Kier alpha value is -1.62. The maximum atomic E-state index is 11.8. The number of esters is 1. The van der Waals surface area contributed by atoms with E-state index in [1.807, 2.05) is 33.3 Å². The number of aliphatic carboxylic acids is 1. The molecular weight excluding hydrogens is 282 g/mol. The van der Waals surface area contributed by atoms with Gasteiger partial charge in [0.1, 0.15) is 6.54 Å². The highest BCUT2D eigenvalue weighted by atomic mass is 16.5. The van der Waals surface area contributed by atoms with Crippen molar-refractivity contribution >= 4 is 11.9 Å². The fraction of sp³-hybridized carbons (Fsp3) is 0.647. The molecule has 0 fully saturated rings. The van der Waals surface area contributed by atoms with E-state index in [1.165, 1.54) is 0 Å². The molecule has 22 heavy (non-hydrogen) atoms. The number of likely N-dealkylation sites (N-methyl/N-ethyl adjacent to an activating group) is 1. The summed E-state index contributed by atoms with van der Waals surface area (Å²) in [5, 5.41) is 8.89. The lowest BCUT2D eigenvalue weighted by Crippen LogP contribution is -2.43. The first kappa shape index (κ1) is 20.4. The zero-order valence-electron chi connectivity index (χ0n) is 14.2. The smallest absolute Gasteiger partial charge is 0.310 e. The molecule has 1 N–H and O–H groups in total. The minimum absolute atomic E-state index is 0.158. The predicted molar refractivity (Wildman–Crippen MR) is 87.5 cm³/mol. The summed E-state index contributed by atoms with van der Waals surface area (Å²) in [7, 11) is 5.80. The summed E-state index contributed by atoms with van der Waals surface area (Å²) < 4.78 is 5.81. The third-order valence-corrected chi connectivity index (χ3v) is 2.84. The van der Waals surface area contributed by atoms with Crippen LogP contribution in [0, 0.1) is 0 Å². The van der Waals surface area contributed by atoms with Gasteiger partial charge in [0, 0.05) is 0 Å². The number of rotatable bonds is 11. The molecule has 0 bridgehead atoms. The number of carbonyl (C=O) groups is 2. The maximum Gasteiger partial charge on any atom is 0.310 e. The molecule has 0 aromatic carbocycles. The van der Waals surface area contributed by atoms with Crippen LogP contribution in [0.25, 0.3) is 0 Å². The second kappa shape index (κ2) is 11.0. The molecule has 0 aromatic heterocycles. The van der Waals surface area contributed by atoms with Gasteiger partial charge in [-0.05, 0) is 6.42 Å². The molecule has 0 spiro atoms. The Morgan fingerprint density at radius 2 is 1.82 bits per heavy atom. The van der Waals surface area contributed by atoms with E-state index in [0.29, 0.717) is 11.0 Å². The number of carbonyl (C=O) groups excluding carboxylic acids is 1. The molecule has 5 nitrogen and oxygen atoms in total. The molecule has 0 saturated heterocycles. The van der Waals surface area contributed by atoms with E-state index in [4.69, 9.17) is 9.84 Å². The lowest BCUT2D eigenvalue weighted by Gasteiger charge is -2.28. The normalized spacial score (nSPS) is 13.6. The summed E-state index contributed by atoms with van der Waals surface area (Å²) in [5.74, 6) is -1.35. The highest BCUT2D eigenvalue weighted by Gasteiger charge is 2.24.